The highest BCUT2D eigenvalue weighted by atomic mass is 19.4. The van der Waals surface area contributed by atoms with Gasteiger partial charge in [-0.1, -0.05) is 12.1 Å². The summed E-state index contributed by atoms with van der Waals surface area (Å²) in [5.74, 6) is 1.05. The molecule has 0 spiro atoms. The van der Waals surface area contributed by atoms with Crippen molar-refractivity contribution in [2.45, 2.75) is 57.2 Å². The zero-order valence-corrected chi connectivity index (χ0v) is 21.1. The van der Waals surface area contributed by atoms with Crippen molar-refractivity contribution in [1.29, 1.82) is 0 Å². The Morgan fingerprint density at radius 1 is 1.08 bits per heavy atom. The minimum atomic E-state index is -4.58. The molecule has 2 fully saturated rings. The van der Waals surface area contributed by atoms with Gasteiger partial charge in [-0.2, -0.15) is 22.9 Å². The van der Waals surface area contributed by atoms with E-state index in [1.165, 1.54) is 5.56 Å². The molecule has 1 aromatic carbocycles. The van der Waals surface area contributed by atoms with E-state index in [1.54, 1.807) is 0 Å². The van der Waals surface area contributed by atoms with Crippen LogP contribution in [0.2, 0.25) is 0 Å². The van der Waals surface area contributed by atoms with E-state index in [-0.39, 0.29) is 11.7 Å². The summed E-state index contributed by atoms with van der Waals surface area (Å²) in [5, 5.41) is 14.1. The molecule has 12 heteroatoms. The standard InChI is InChI=1S/C25H32F3N7O2/c1-24(2)23(36)29-11-14-34(24)15-16-37-19-5-3-17(4-6-19)18-9-12-33(13-10-18)21-8-7-20-30-31-22(25(26,27)28)35(20)32-21/h3-6,18H,7-16H2,1-2H3,(H,29,36). The average molecular weight is 520 g/mol. The van der Waals surface area contributed by atoms with Crippen LogP contribution in [-0.2, 0) is 17.4 Å². The van der Waals surface area contributed by atoms with Crippen LogP contribution in [0, 0.1) is 0 Å². The highest BCUT2D eigenvalue weighted by Crippen LogP contribution is 2.32. The highest BCUT2D eigenvalue weighted by Gasteiger charge is 2.40. The highest BCUT2D eigenvalue weighted by molar-refractivity contribution is 5.86. The Hall–Kier alpha value is -3.15. The number of carbonyl (C=O) groups is 1. The molecule has 0 unspecified atom stereocenters. The first-order valence-corrected chi connectivity index (χ1v) is 12.7. The molecule has 0 atom stereocenters. The summed E-state index contributed by atoms with van der Waals surface area (Å²) in [7, 11) is 0. The molecule has 2 aromatic rings. The average Bonchev–Trinajstić information content (AvgIpc) is 3.31. The van der Waals surface area contributed by atoms with Gasteiger partial charge in [0.15, 0.2) is 5.82 Å². The van der Waals surface area contributed by atoms with Crippen molar-refractivity contribution in [2.75, 3.05) is 39.3 Å². The Labute approximate surface area is 213 Å². The number of aryl methyl sites for hydroxylation is 1. The molecule has 0 saturated carbocycles. The number of halogens is 3. The van der Waals surface area contributed by atoms with Crippen LogP contribution in [0.3, 0.4) is 0 Å². The molecular weight excluding hydrogens is 487 g/mol. The normalized spacial score (nSPS) is 20.8. The van der Waals surface area contributed by atoms with Gasteiger partial charge in [0.2, 0.25) is 5.91 Å². The Bertz CT molecular complexity index is 1150. The Balaban J connectivity index is 1.13. The molecule has 2 saturated heterocycles. The number of alkyl halides is 3. The fraction of sp³-hybridized carbons (Fsp3) is 0.600. The summed E-state index contributed by atoms with van der Waals surface area (Å²) in [6, 6.07) is 8.14. The van der Waals surface area contributed by atoms with Gasteiger partial charge in [0.25, 0.3) is 5.82 Å². The topological polar surface area (TPSA) is 87.9 Å². The first-order chi connectivity index (χ1) is 17.6. The van der Waals surface area contributed by atoms with Gasteiger partial charge < -0.3 is 15.0 Å². The summed E-state index contributed by atoms with van der Waals surface area (Å²) >= 11 is 0. The number of benzene rings is 1. The van der Waals surface area contributed by atoms with Gasteiger partial charge >= 0.3 is 6.18 Å². The lowest BCUT2D eigenvalue weighted by atomic mass is 9.89. The minimum Gasteiger partial charge on any atom is -0.492 e. The maximum Gasteiger partial charge on any atom is 0.453 e. The van der Waals surface area contributed by atoms with E-state index in [0.29, 0.717) is 44.3 Å². The van der Waals surface area contributed by atoms with Gasteiger partial charge in [0.05, 0.1) is 5.54 Å². The fourth-order valence-corrected chi connectivity index (χ4v) is 5.28. The second kappa shape index (κ2) is 9.96. The lowest BCUT2D eigenvalue weighted by Gasteiger charge is -2.41. The van der Waals surface area contributed by atoms with E-state index in [9.17, 15) is 18.0 Å². The largest absolute Gasteiger partial charge is 0.492 e. The molecule has 4 heterocycles. The van der Waals surface area contributed by atoms with Crippen LogP contribution in [0.1, 0.15) is 56.2 Å². The SMILES string of the molecule is CC1(C)C(=O)NCCN1CCOc1ccc(C2CCN(C3=Nn4c(nnc4C(F)(F)F)CC3)CC2)cc1. The number of hydrogen-bond donors (Lipinski definition) is 1. The van der Waals surface area contributed by atoms with Crippen LogP contribution in [0.4, 0.5) is 13.2 Å². The smallest absolute Gasteiger partial charge is 0.453 e. The third-order valence-electron chi connectivity index (χ3n) is 7.60. The maximum absolute atomic E-state index is 13.2. The molecule has 3 aliphatic rings. The van der Waals surface area contributed by atoms with Gasteiger partial charge in [-0.25, -0.2) is 0 Å². The predicted molar refractivity (Wildman–Crippen MR) is 130 cm³/mol. The molecular formula is C25H32F3N7O2. The van der Waals surface area contributed by atoms with E-state index < -0.39 is 17.5 Å². The summed E-state index contributed by atoms with van der Waals surface area (Å²) in [6.45, 7) is 7.95. The van der Waals surface area contributed by atoms with Crippen molar-refractivity contribution >= 4 is 11.7 Å². The molecule has 3 aliphatic heterocycles. The lowest BCUT2D eigenvalue weighted by molar-refractivity contribution is -0.147. The third-order valence-corrected chi connectivity index (χ3v) is 7.60. The number of fused-ring (bicyclic) bond motifs is 1. The number of ether oxygens (including phenoxy) is 1. The van der Waals surface area contributed by atoms with Gasteiger partial charge in [-0.15, -0.1) is 10.2 Å². The first kappa shape index (κ1) is 25.5. The van der Waals surface area contributed by atoms with Crippen molar-refractivity contribution < 1.29 is 22.7 Å². The molecule has 0 bridgehead atoms. The number of nitrogens with zero attached hydrogens (tertiary/aromatic N) is 6. The summed E-state index contributed by atoms with van der Waals surface area (Å²) < 4.78 is 46.4. The molecule has 200 valence electrons. The Kier molecular flexibility index (Phi) is 6.86. The number of hydrogen-bond acceptors (Lipinski definition) is 7. The number of amidine groups is 1. The second-order valence-corrected chi connectivity index (χ2v) is 10.2. The summed E-state index contributed by atoms with van der Waals surface area (Å²) in [5.41, 5.74) is 0.689. The zero-order valence-electron chi connectivity index (χ0n) is 21.1. The van der Waals surface area contributed by atoms with Gasteiger partial charge in [-0.05, 0) is 50.3 Å². The predicted octanol–water partition coefficient (Wildman–Crippen LogP) is 2.87. The summed E-state index contributed by atoms with van der Waals surface area (Å²) in [6.07, 6.45) is -1.84. The van der Waals surface area contributed by atoms with Crippen molar-refractivity contribution in [1.82, 2.24) is 30.0 Å². The molecule has 1 N–H and O–H groups in total. The number of piperazine rings is 1. The number of nitrogens with one attached hydrogen (secondary N) is 1. The monoisotopic (exact) mass is 519 g/mol. The number of amides is 1. The molecule has 1 amide bonds. The summed E-state index contributed by atoms with van der Waals surface area (Å²) in [4.78, 5) is 16.3. The molecule has 0 radical (unpaired) electrons. The van der Waals surface area contributed by atoms with Crippen LogP contribution in [0.15, 0.2) is 29.4 Å². The number of piperidine rings is 1. The van der Waals surface area contributed by atoms with Gasteiger partial charge in [0.1, 0.15) is 18.2 Å². The molecule has 0 aliphatic carbocycles. The van der Waals surface area contributed by atoms with Crippen LogP contribution in [0.25, 0.3) is 0 Å². The molecule has 1 aromatic heterocycles. The van der Waals surface area contributed by atoms with E-state index in [4.69, 9.17) is 4.74 Å². The number of carbonyl (C=O) groups excluding carboxylic acids is 1. The third kappa shape index (κ3) is 5.29. The molecule has 9 nitrogen and oxygen atoms in total. The van der Waals surface area contributed by atoms with E-state index in [0.717, 1.165) is 42.9 Å². The minimum absolute atomic E-state index is 0.0410. The van der Waals surface area contributed by atoms with Crippen molar-refractivity contribution in [3.63, 3.8) is 0 Å². The molecule has 5 rings (SSSR count). The fourth-order valence-electron chi connectivity index (χ4n) is 5.28. The number of aromatic nitrogens is 3. The van der Waals surface area contributed by atoms with E-state index in [1.807, 2.05) is 26.0 Å². The number of rotatable bonds is 5. The van der Waals surface area contributed by atoms with E-state index >= 15 is 0 Å². The van der Waals surface area contributed by atoms with Crippen LogP contribution >= 0.6 is 0 Å². The van der Waals surface area contributed by atoms with Crippen molar-refractivity contribution in [2.24, 2.45) is 5.10 Å². The second-order valence-electron chi connectivity index (χ2n) is 10.2. The van der Waals surface area contributed by atoms with Crippen LogP contribution in [0.5, 0.6) is 5.75 Å². The first-order valence-electron chi connectivity index (χ1n) is 12.7. The Morgan fingerprint density at radius 3 is 2.51 bits per heavy atom. The van der Waals surface area contributed by atoms with Crippen LogP contribution < -0.4 is 10.1 Å². The number of likely N-dealkylation sites (tertiary alicyclic amines) is 1. The van der Waals surface area contributed by atoms with E-state index in [2.05, 4.69) is 42.5 Å². The quantitative estimate of drug-likeness (QED) is 0.654. The van der Waals surface area contributed by atoms with Gasteiger partial charge in [-0.3, -0.25) is 9.69 Å². The van der Waals surface area contributed by atoms with Gasteiger partial charge in [0, 0.05) is 45.6 Å². The molecule has 37 heavy (non-hydrogen) atoms. The van der Waals surface area contributed by atoms with Crippen molar-refractivity contribution in [3.05, 3.63) is 41.5 Å². The zero-order chi connectivity index (χ0) is 26.2. The van der Waals surface area contributed by atoms with Crippen molar-refractivity contribution in [3.8, 4) is 5.75 Å². The maximum atomic E-state index is 13.2. The lowest BCUT2D eigenvalue weighted by Crippen LogP contribution is -2.62. The van der Waals surface area contributed by atoms with Crippen LogP contribution in [-0.4, -0.2) is 81.3 Å². The Morgan fingerprint density at radius 2 is 1.81 bits per heavy atom.